The predicted octanol–water partition coefficient (Wildman–Crippen LogP) is 5.07. The number of benzene rings is 3. The molecule has 0 radical (unpaired) electrons. The van der Waals surface area contributed by atoms with Crippen molar-refractivity contribution < 1.29 is 18.7 Å². The molecule has 1 atom stereocenters. The predicted molar refractivity (Wildman–Crippen MR) is 135 cm³/mol. The molecule has 3 aromatic rings. The Morgan fingerprint density at radius 1 is 0.971 bits per heavy atom. The Hall–Kier alpha value is -3.67. The first-order chi connectivity index (χ1) is 17.0. The second kappa shape index (κ2) is 13.3. The van der Waals surface area contributed by atoms with Crippen LogP contribution in [0.25, 0.3) is 0 Å². The van der Waals surface area contributed by atoms with E-state index in [4.69, 9.17) is 4.74 Å². The minimum absolute atomic E-state index is 0.00311. The fraction of sp³-hybridized carbons (Fsp3) is 0.310. The molecule has 5 nitrogen and oxygen atoms in total. The van der Waals surface area contributed by atoms with Gasteiger partial charge in [-0.15, -0.1) is 0 Å². The standard InChI is InChI=1S/C29H33FN2O3/c1-3-4-17-31-29(34)26(19-23-12-6-5-7-13-23)32(20-24-14-10-11-22(2)18-24)28(33)21-35-27-16-9-8-15-25(27)30/h5-16,18,26H,3-4,17,19-21H2,1-2H3,(H,31,34)/t26-/m1/s1. The molecule has 0 spiro atoms. The van der Waals surface area contributed by atoms with E-state index in [2.05, 4.69) is 12.2 Å². The van der Waals surface area contributed by atoms with Gasteiger partial charge < -0.3 is 15.0 Å². The van der Waals surface area contributed by atoms with Gasteiger partial charge in [0.15, 0.2) is 18.2 Å². The third-order valence-electron chi connectivity index (χ3n) is 5.72. The van der Waals surface area contributed by atoms with Crippen molar-refractivity contribution >= 4 is 11.8 Å². The third-order valence-corrected chi connectivity index (χ3v) is 5.72. The van der Waals surface area contributed by atoms with E-state index in [1.807, 2.05) is 61.5 Å². The summed E-state index contributed by atoms with van der Waals surface area (Å²) in [6.45, 7) is 4.44. The van der Waals surface area contributed by atoms with Gasteiger partial charge in [0.25, 0.3) is 5.91 Å². The van der Waals surface area contributed by atoms with Crippen molar-refractivity contribution in [3.63, 3.8) is 0 Å². The van der Waals surface area contributed by atoms with Crippen molar-refractivity contribution in [2.24, 2.45) is 0 Å². The molecule has 0 saturated heterocycles. The molecule has 184 valence electrons. The lowest BCUT2D eigenvalue weighted by Crippen LogP contribution is -2.51. The molecule has 6 heteroatoms. The molecule has 3 rings (SSSR count). The molecule has 1 N–H and O–H groups in total. The summed E-state index contributed by atoms with van der Waals surface area (Å²) in [6, 6.07) is 22.7. The summed E-state index contributed by atoms with van der Waals surface area (Å²) in [4.78, 5) is 28.4. The average molecular weight is 477 g/mol. The molecule has 0 fully saturated rings. The highest BCUT2D eigenvalue weighted by atomic mass is 19.1. The van der Waals surface area contributed by atoms with Gasteiger partial charge in [-0.05, 0) is 36.6 Å². The number of halogens is 1. The van der Waals surface area contributed by atoms with Crippen LogP contribution < -0.4 is 10.1 Å². The molecule has 0 aliphatic heterocycles. The van der Waals surface area contributed by atoms with Crippen molar-refractivity contribution in [2.45, 2.75) is 45.7 Å². The highest BCUT2D eigenvalue weighted by Gasteiger charge is 2.30. The molecule has 0 saturated carbocycles. The fourth-order valence-corrected chi connectivity index (χ4v) is 3.85. The number of amides is 2. The Labute approximate surface area is 206 Å². The van der Waals surface area contributed by atoms with Gasteiger partial charge >= 0.3 is 0 Å². The number of hydrogen-bond acceptors (Lipinski definition) is 3. The quantitative estimate of drug-likeness (QED) is 0.372. The van der Waals surface area contributed by atoms with E-state index < -0.39 is 11.9 Å². The van der Waals surface area contributed by atoms with Crippen LogP contribution >= 0.6 is 0 Å². The minimum Gasteiger partial charge on any atom is -0.481 e. The molecular weight excluding hydrogens is 443 g/mol. The maximum atomic E-state index is 14.1. The van der Waals surface area contributed by atoms with E-state index in [1.165, 1.54) is 12.1 Å². The number of nitrogens with one attached hydrogen (secondary N) is 1. The summed E-state index contributed by atoms with van der Waals surface area (Å²) in [7, 11) is 0. The Morgan fingerprint density at radius 2 is 1.69 bits per heavy atom. The van der Waals surface area contributed by atoms with Crippen LogP contribution in [0.1, 0.15) is 36.5 Å². The Morgan fingerprint density at radius 3 is 2.40 bits per heavy atom. The molecular formula is C29H33FN2O3. The normalized spacial score (nSPS) is 11.5. The SMILES string of the molecule is CCCCNC(=O)[C@@H](Cc1ccccc1)N(Cc1cccc(C)c1)C(=O)COc1ccccc1F. The lowest BCUT2D eigenvalue weighted by atomic mass is 10.0. The van der Waals surface area contributed by atoms with Crippen LogP contribution in [-0.4, -0.2) is 35.9 Å². The first-order valence-corrected chi connectivity index (χ1v) is 12.0. The van der Waals surface area contributed by atoms with E-state index in [0.717, 1.165) is 29.5 Å². The zero-order valence-corrected chi connectivity index (χ0v) is 20.4. The topological polar surface area (TPSA) is 58.6 Å². The van der Waals surface area contributed by atoms with Gasteiger partial charge in [-0.3, -0.25) is 9.59 Å². The van der Waals surface area contributed by atoms with Crippen molar-refractivity contribution in [1.29, 1.82) is 0 Å². The minimum atomic E-state index is -0.744. The van der Waals surface area contributed by atoms with E-state index in [0.29, 0.717) is 13.0 Å². The molecule has 0 aromatic heterocycles. The highest BCUT2D eigenvalue weighted by Crippen LogP contribution is 2.18. The first-order valence-electron chi connectivity index (χ1n) is 12.0. The average Bonchev–Trinajstić information content (AvgIpc) is 2.86. The summed E-state index contributed by atoms with van der Waals surface area (Å²) in [5.74, 6) is -1.14. The van der Waals surface area contributed by atoms with Crippen LogP contribution in [0.3, 0.4) is 0 Å². The first kappa shape index (κ1) is 25.9. The lowest BCUT2D eigenvalue weighted by Gasteiger charge is -2.31. The van der Waals surface area contributed by atoms with Crippen LogP contribution in [0.5, 0.6) is 5.75 Å². The van der Waals surface area contributed by atoms with Crippen LogP contribution in [-0.2, 0) is 22.6 Å². The second-order valence-electron chi connectivity index (χ2n) is 8.58. The third kappa shape index (κ3) is 7.95. The van der Waals surface area contributed by atoms with Gasteiger partial charge in [-0.25, -0.2) is 4.39 Å². The monoisotopic (exact) mass is 476 g/mol. The molecule has 2 amide bonds. The molecule has 35 heavy (non-hydrogen) atoms. The zero-order chi connectivity index (χ0) is 25.0. The van der Waals surface area contributed by atoms with Crippen LogP contribution in [0.2, 0.25) is 0 Å². The Bertz CT molecular complexity index is 1100. The number of carbonyl (C=O) groups is 2. The smallest absolute Gasteiger partial charge is 0.261 e. The van der Waals surface area contributed by atoms with Gasteiger partial charge in [0.1, 0.15) is 6.04 Å². The van der Waals surface area contributed by atoms with Crippen molar-refractivity contribution in [1.82, 2.24) is 10.2 Å². The lowest BCUT2D eigenvalue weighted by molar-refractivity contribution is -0.142. The van der Waals surface area contributed by atoms with E-state index in [9.17, 15) is 14.0 Å². The van der Waals surface area contributed by atoms with E-state index >= 15 is 0 Å². The van der Waals surface area contributed by atoms with Gasteiger partial charge in [-0.1, -0.05) is 85.6 Å². The summed E-state index contributed by atoms with van der Waals surface area (Å²) >= 11 is 0. The Kier molecular flexibility index (Phi) is 9.84. The number of ether oxygens (including phenoxy) is 1. The molecule has 0 bridgehead atoms. The number of hydrogen-bond donors (Lipinski definition) is 1. The van der Waals surface area contributed by atoms with Gasteiger partial charge in [-0.2, -0.15) is 0 Å². The molecule has 3 aromatic carbocycles. The summed E-state index contributed by atoms with van der Waals surface area (Å²) in [6.07, 6.45) is 2.16. The molecule has 0 aliphatic carbocycles. The van der Waals surface area contributed by atoms with Crippen LogP contribution in [0.4, 0.5) is 4.39 Å². The number of aryl methyl sites for hydroxylation is 1. The number of nitrogens with zero attached hydrogens (tertiary/aromatic N) is 1. The van der Waals surface area contributed by atoms with Gasteiger partial charge in [0.05, 0.1) is 0 Å². The zero-order valence-electron chi connectivity index (χ0n) is 20.4. The summed E-state index contributed by atoms with van der Waals surface area (Å²) < 4.78 is 19.6. The summed E-state index contributed by atoms with van der Waals surface area (Å²) in [5.41, 5.74) is 2.91. The van der Waals surface area contributed by atoms with Crippen LogP contribution in [0.15, 0.2) is 78.9 Å². The highest BCUT2D eigenvalue weighted by molar-refractivity contribution is 5.88. The maximum Gasteiger partial charge on any atom is 0.261 e. The van der Waals surface area contributed by atoms with E-state index in [1.54, 1.807) is 17.0 Å². The van der Waals surface area contributed by atoms with Gasteiger partial charge in [0, 0.05) is 19.5 Å². The Balaban J connectivity index is 1.89. The number of rotatable bonds is 12. The summed E-state index contributed by atoms with van der Waals surface area (Å²) in [5, 5.41) is 2.99. The molecule has 0 unspecified atom stereocenters. The molecule has 0 aliphatic rings. The largest absolute Gasteiger partial charge is 0.481 e. The second-order valence-corrected chi connectivity index (χ2v) is 8.58. The van der Waals surface area contributed by atoms with E-state index in [-0.39, 0.29) is 30.7 Å². The van der Waals surface area contributed by atoms with Crippen molar-refractivity contribution in [3.05, 3.63) is 101 Å². The van der Waals surface area contributed by atoms with Crippen molar-refractivity contribution in [3.8, 4) is 5.75 Å². The fourth-order valence-electron chi connectivity index (χ4n) is 3.85. The number of para-hydroxylation sites is 1. The number of unbranched alkanes of at least 4 members (excludes halogenated alkanes) is 1. The van der Waals surface area contributed by atoms with Crippen molar-refractivity contribution in [2.75, 3.05) is 13.2 Å². The number of carbonyl (C=O) groups excluding carboxylic acids is 2. The van der Waals surface area contributed by atoms with Crippen LogP contribution in [0, 0.1) is 12.7 Å². The molecule has 0 heterocycles. The van der Waals surface area contributed by atoms with Gasteiger partial charge in [0.2, 0.25) is 5.91 Å². The maximum absolute atomic E-state index is 14.1.